The van der Waals surface area contributed by atoms with Gasteiger partial charge in [-0.2, -0.15) is 11.8 Å². The summed E-state index contributed by atoms with van der Waals surface area (Å²) in [6.45, 7) is 2.28. The van der Waals surface area contributed by atoms with Crippen LogP contribution in [0.25, 0.3) is 0 Å². The summed E-state index contributed by atoms with van der Waals surface area (Å²) in [7, 11) is -3.84. The summed E-state index contributed by atoms with van der Waals surface area (Å²) in [5, 5.41) is -0.192. The van der Waals surface area contributed by atoms with Crippen molar-refractivity contribution in [3.05, 3.63) is 24.1 Å². The van der Waals surface area contributed by atoms with Gasteiger partial charge in [-0.15, -0.1) is 0 Å². The SMILES string of the molecule is CSC(C)CCNS(=O)(=O)c1ncccc1F. The number of pyridine rings is 1. The summed E-state index contributed by atoms with van der Waals surface area (Å²) in [6, 6.07) is 2.43. The van der Waals surface area contributed by atoms with Gasteiger partial charge in [0.25, 0.3) is 10.0 Å². The molecule has 0 saturated carbocycles. The number of halogens is 1. The van der Waals surface area contributed by atoms with E-state index in [-0.39, 0.29) is 6.54 Å². The van der Waals surface area contributed by atoms with Crippen molar-refractivity contribution in [1.29, 1.82) is 0 Å². The molecule has 1 rings (SSSR count). The molecule has 0 aliphatic carbocycles. The Kier molecular flexibility index (Phi) is 5.35. The number of nitrogens with one attached hydrogen (secondary N) is 1. The fraction of sp³-hybridized carbons (Fsp3) is 0.500. The van der Waals surface area contributed by atoms with Crippen LogP contribution in [0.5, 0.6) is 0 Å². The highest BCUT2D eigenvalue weighted by Gasteiger charge is 2.19. The fourth-order valence-electron chi connectivity index (χ4n) is 1.15. The van der Waals surface area contributed by atoms with Crippen LogP contribution in [0.3, 0.4) is 0 Å². The summed E-state index contributed by atoms with van der Waals surface area (Å²) in [5.41, 5.74) is 0. The van der Waals surface area contributed by atoms with Crippen molar-refractivity contribution >= 4 is 21.8 Å². The van der Waals surface area contributed by atoms with E-state index in [1.165, 1.54) is 12.3 Å². The van der Waals surface area contributed by atoms with Crippen molar-refractivity contribution in [1.82, 2.24) is 9.71 Å². The van der Waals surface area contributed by atoms with E-state index in [1.54, 1.807) is 11.8 Å². The lowest BCUT2D eigenvalue weighted by Gasteiger charge is -2.09. The Morgan fingerprint density at radius 2 is 2.29 bits per heavy atom. The number of hydrogen-bond acceptors (Lipinski definition) is 4. The summed E-state index contributed by atoms with van der Waals surface area (Å²) >= 11 is 1.65. The third kappa shape index (κ3) is 4.25. The smallest absolute Gasteiger partial charge is 0.241 e. The predicted molar refractivity (Wildman–Crippen MR) is 67.0 cm³/mol. The van der Waals surface area contributed by atoms with Gasteiger partial charge in [0.15, 0.2) is 5.82 Å². The minimum atomic E-state index is -3.84. The molecule has 0 aliphatic heterocycles. The van der Waals surface area contributed by atoms with Gasteiger partial charge >= 0.3 is 0 Å². The van der Waals surface area contributed by atoms with E-state index in [9.17, 15) is 12.8 Å². The van der Waals surface area contributed by atoms with Gasteiger partial charge in [-0.25, -0.2) is 22.5 Å². The van der Waals surface area contributed by atoms with Crippen molar-refractivity contribution in [3.8, 4) is 0 Å². The van der Waals surface area contributed by atoms with Crippen LogP contribution < -0.4 is 4.72 Å². The van der Waals surface area contributed by atoms with Gasteiger partial charge in [-0.1, -0.05) is 6.92 Å². The van der Waals surface area contributed by atoms with Crippen LogP contribution in [0.15, 0.2) is 23.4 Å². The third-order valence-corrected chi connectivity index (χ3v) is 4.66. The zero-order valence-corrected chi connectivity index (χ0v) is 11.3. The number of sulfonamides is 1. The van der Waals surface area contributed by atoms with E-state index in [0.29, 0.717) is 11.7 Å². The van der Waals surface area contributed by atoms with Crippen LogP contribution >= 0.6 is 11.8 Å². The monoisotopic (exact) mass is 278 g/mol. The van der Waals surface area contributed by atoms with Crippen molar-refractivity contribution in [2.75, 3.05) is 12.8 Å². The highest BCUT2D eigenvalue weighted by Crippen LogP contribution is 2.11. The maximum absolute atomic E-state index is 13.3. The molecule has 0 spiro atoms. The topological polar surface area (TPSA) is 59.1 Å². The number of nitrogens with zero attached hydrogens (tertiary/aromatic N) is 1. The van der Waals surface area contributed by atoms with Crippen LogP contribution in [0, 0.1) is 5.82 Å². The number of rotatable bonds is 6. The maximum Gasteiger partial charge on any atom is 0.261 e. The predicted octanol–water partition coefficient (Wildman–Crippen LogP) is 1.64. The molecule has 1 heterocycles. The molecule has 1 aromatic heterocycles. The van der Waals surface area contributed by atoms with E-state index in [0.717, 1.165) is 6.07 Å². The van der Waals surface area contributed by atoms with Crippen LogP contribution in [0.2, 0.25) is 0 Å². The minimum Gasteiger partial charge on any atom is -0.241 e. The Morgan fingerprint density at radius 1 is 1.59 bits per heavy atom. The summed E-state index contributed by atoms with van der Waals surface area (Å²) in [4.78, 5) is 3.54. The first kappa shape index (κ1) is 14.4. The zero-order chi connectivity index (χ0) is 12.9. The fourth-order valence-corrected chi connectivity index (χ4v) is 2.55. The van der Waals surface area contributed by atoms with Gasteiger partial charge in [-0.05, 0) is 24.8 Å². The molecule has 0 bridgehead atoms. The van der Waals surface area contributed by atoms with E-state index >= 15 is 0 Å². The molecule has 4 nitrogen and oxygen atoms in total. The molecule has 7 heteroatoms. The minimum absolute atomic E-state index is 0.278. The van der Waals surface area contributed by atoms with Crippen LogP contribution in [0.1, 0.15) is 13.3 Å². The molecule has 17 heavy (non-hydrogen) atoms. The lowest BCUT2D eigenvalue weighted by molar-refractivity contribution is 0.543. The van der Waals surface area contributed by atoms with E-state index in [2.05, 4.69) is 9.71 Å². The maximum atomic E-state index is 13.3. The summed E-state index contributed by atoms with van der Waals surface area (Å²) in [6.07, 6.45) is 3.90. The first-order valence-electron chi connectivity index (χ1n) is 5.10. The lowest BCUT2D eigenvalue weighted by atomic mass is 10.3. The molecule has 1 atom stereocenters. The van der Waals surface area contributed by atoms with Gasteiger partial charge in [0.2, 0.25) is 5.03 Å². The molecule has 0 radical (unpaired) electrons. The highest BCUT2D eigenvalue weighted by molar-refractivity contribution is 7.99. The Balaban J connectivity index is 2.67. The Hall–Kier alpha value is -0.660. The molecule has 0 fully saturated rings. The van der Waals surface area contributed by atoms with Gasteiger partial charge < -0.3 is 0 Å². The van der Waals surface area contributed by atoms with Crippen LogP contribution in [0.4, 0.5) is 4.39 Å². The number of aromatic nitrogens is 1. The van der Waals surface area contributed by atoms with Gasteiger partial charge in [0.1, 0.15) is 0 Å². The van der Waals surface area contributed by atoms with Crippen molar-refractivity contribution in [2.45, 2.75) is 23.6 Å². The van der Waals surface area contributed by atoms with Gasteiger partial charge in [0.05, 0.1) is 0 Å². The highest BCUT2D eigenvalue weighted by atomic mass is 32.2. The lowest BCUT2D eigenvalue weighted by Crippen LogP contribution is -2.27. The Bertz CT molecular complexity index is 465. The largest absolute Gasteiger partial charge is 0.261 e. The molecule has 1 aromatic rings. The second kappa shape index (κ2) is 6.32. The average molecular weight is 278 g/mol. The number of hydrogen-bond donors (Lipinski definition) is 1. The Morgan fingerprint density at radius 3 is 2.88 bits per heavy atom. The van der Waals surface area contributed by atoms with Crippen LogP contribution in [-0.4, -0.2) is 31.5 Å². The Labute approximate surface area is 105 Å². The molecule has 0 saturated heterocycles. The van der Waals surface area contributed by atoms with E-state index < -0.39 is 20.9 Å². The zero-order valence-electron chi connectivity index (χ0n) is 9.68. The molecule has 1 N–H and O–H groups in total. The standard InChI is InChI=1S/C10H15FN2O2S2/c1-8(16-2)5-7-13-17(14,15)10-9(11)4-3-6-12-10/h3-4,6,8,13H,5,7H2,1-2H3. The molecule has 96 valence electrons. The first-order valence-corrected chi connectivity index (χ1v) is 7.87. The first-order chi connectivity index (χ1) is 7.97. The number of thioether (sulfide) groups is 1. The van der Waals surface area contributed by atoms with E-state index in [4.69, 9.17) is 0 Å². The molecule has 0 aromatic carbocycles. The quantitative estimate of drug-likeness (QED) is 0.859. The van der Waals surface area contributed by atoms with Crippen molar-refractivity contribution in [3.63, 3.8) is 0 Å². The molecule has 1 unspecified atom stereocenters. The molecular formula is C10H15FN2O2S2. The third-order valence-electron chi connectivity index (χ3n) is 2.22. The molecule has 0 aliphatic rings. The van der Waals surface area contributed by atoms with Gasteiger partial charge in [-0.3, -0.25) is 0 Å². The molecular weight excluding hydrogens is 263 g/mol. The van der Waals surface area contributed by atoms with E-state index in [1.807, 2.05) is 13.2 Å². The summed E-state index contributed by atoms with van der Waals surface area (Å²) in [5.74, 6) is -0.835. The van der Waals surface area contributed by atoms with Crippen molar-refractivity contribution in [2.24, 2.45) is 0 Å². The van der Waals surface area contributed by atoms with Crippen LogP contribution in [-0.2, 0) is 10.0 Å². The summed E-state index contributed by atoms with van der Waals surface area (Å²) < 4.78 is 39.0. The second-order valence-corrected chi connectivity index (χ2v) is 6.48. The second-order valence-electron chi connectivity index (χ2n) is 3.52. The average Bonchev–Trinajstić information content (AvgIpc) is 2.28. The van der Waals surface area contributed by atoms with Crippen molar-refractivity contribution < 1.29 is 12.8 Å². The molecule has 0 amide bonds. The normalized spacial score (nSPS) is 13.6. The van der Waals surface area contributed by atoms with Gasteiger partial charge in [0, 0.05) is 18.0 Å².